The largest absolute Gasteiger partial charge is 0.516 e. The molecule has 149 valence electrons. The molecule has 1 radical (unpaired) electrons. The molecule has 0 spiro atoms. The van der Waals surface area contributed by atoms with Crippen molar-refractivity contribution in [3.05, 3.63) is 65.9 Å². The van der Waals surface area contributed by atoms with E-state index in [1.54, 1.807) is 38.6 Å². The second-order valence-electron chi connectivity index (χ2n) is 5.47. The van der Waals surface area contributed by atoms with Gasteiger partial charge in [0, 0.05) is 55.4 Å². The molecule has 0 unspecified atom stereocenters. The molecular weight excluding hydrogens is 538 g/mol. The predicted octanol–water partition coefficient (Wildman–Crippen LogP) is 3.36. The van der Waals surface area contributed by atoms with Crippen LogP contribution in [0.3, 0.4) is 0 Å². The van der Waals surface area contributed by atoms with E-state index < -0.39 is 5.97 Å². The molecule has 0 saturated carbocycles. The van der Waals surface area contributed by atoms with Gasteiger partial charge < -0.3 is 19.6 Å². The van der Waals surface area contributed by atoms with Crippen molar-refractivity contribution in [2.75, 3.05) is 14.2 Å². The number of hydrogen-bond acceptors (Lipinski definition) is 6. The van der Waals surface area contributed by atoms with Crippen LogP contribution in [0.15, 0.2) is 42.7 Å². The molecule has 2 heterocycles. The average Bonchev–Trinajstić information content (AvgIpc) is 2.68. The van der Waals surface area contributed by atoms with Gasteiger partial charge in [0.2, 0.25) is 0 Å². The monoisotopic (exact) mass is 559 g/mol. The summed E-state index contributed by atoms with van der Waals surface area (Å²) in [6.07, 6.45) is 3.19. The van der Waals surface area contributed by atoms with E-state index in [4.69, 9.17) is 14.6 Å². The second kappa shape index (κ2) is 11.1. The van der Waals surface area contributed by atoms with Crippen molar-refractivity contribution in [2.24, 2.45) is 0 Å². The summed E-state index contributed by atoms with van der Waals surface area (Å²) in [5.41, 5.74) is 3.44. The van der Waals surface area contributed by atoms with E-state index >= 15 is 0 Å². The van der Waals surface area contributed by atoms with Gasteiger partial charge in [0.15, 0.2) is 0 Å². The van der Waals surface area contributed by atoms with Gasteiger partial charge in [-0.3, -0.25) is 4.98 Å². The minimum atomic E-state index is -0.990. The van der Waals surface area contributed by atoms with Crippen LogP contribution in [0.2, 0.25) is 0 Å². The smallest absolute Gasteiger partial charge is 0.354 e. The summed E-state index contributed by atoms with van der Waals surface area (Å²) in [4.78, 5) is 22.5. The van der Waals surface area contributed by atoms with Gasteiger partial charge in [0.05, 0.1) is 19.9 Å². The summed E-state index contributed by atoms with van der Waals surface area (Å²) in [5, 5.41) is 8.32. The Bertz CT molecular complexity index is 898. The fourth-order valence-electron chi connectivity index (χ4n) is 2.22. The zero-order valence-electron chi connectivity index (χ0n) is 15.9. The summed E-state index contributed by atoms with van der Waals surface area (Å²) in [5.74, 6) is 0.337. The maximum absolute atomic E-state index is 10.1. The van der Waals surface area contributed by atoms with Crippen molar-refractivity contribution < 1.29 is 39.5 Å². The SMILES string of the molecule is COc1[c-]c(-c2ncc(C)nc2C)cc(OC)c1.O=C(O)c1ccccn1.[Ir]. The molecule has 3 aromatic rings. The topological polar surface area (TPSA) is 94.4 Å². The molecule has 3 rings (SSSR count). The van der Waals surface area contributed by atoms with Crippen molar-refractivity contribution >= 4 is 5.97 Å². The van der Waals surface area contributed by atoms with Crippen molar-refractivity contribution in [1.82, 2.24) is 15.0 Å². The summed E-state index contributed by atoms with van der Waals surface area (Å²) < 4.78 is 10.4. The standard InChI is InChI=1S/C14H15N2O2.C6H5NO2.Ir/c1-9-8-15-14(10(2)16-9)11-5-12(17-3)7-13(6-11)18-4;8-6(9)5-3-1-2-4-7-5;/h5,7-8H,1-4H3;1-4H,(H,8,9);/q-1;;. The molecule has 8 heteroatoms. The molecule has 0 bridgehead atoms. The Labute approximate surface area is 177 Å². The molecule has 1 N–H and O–H groups in total. The Morgan fingerprint density at radius 1 is 1.11 bits per heavy atom. The van der Waals surface area contributed by atoms with Gasteiger partial charge in [-0.1, -0.05) is 18.2 Å². The number of aromatic nitrogens is 3. The fraction of sp³-hybridized carbons (Fsp3) is 0.200. The fourth-order valence-corrected chi connectivity index (χ4v) is 2.22. The first-order valence-corrected chi connectivity index (χ1v) is 8.05. The first-order valence-electron chi connectivity index (χ1n) is 8.05. The van der Waals surface area contributed by atoms with Gasteiger partial charge in [-0.2, -0.15) is 0 Å². The van der Waals surface area contributed by atoms with E-state index in [9.17, 15) is 4.79 Å². The van der Waals surface area contributed by atoms with Crippen molar-refractivity contribution in [3.8, 4) is 22.8 Å². The molecule has 7 nitrogen and oxygen atoms in total. The maximum Gasteiger partial charge on any atom is 0.354 e. The van der Waals surface area contributed by atoms with Gasteiger partial charge in [-0.05, 0) is 26.0 Å². The van der Waals surface area contributed by atoms with E-state index in [1.807, 2.05) is 19.9 Å². The van der Waals surface area contributed by atoms with Crippen LogP contribution < -0.4 is 9.47 Å². The Kier molecular flexibility index (Phi) is 9.21. The normalized spacial score (nSPS) is 9.43. The van der Waals surface area contributed by atoms with E-state index in [2.05, 4.69) is 21.0 Å². The molecule has 0 aliphatic carbocycles. The first-order chi connectivity index (χ1) is 12.9. The van der Waals surface area contributed by atoms with E-state index in [-0.39, 0.29) is 25.8 Å². The Morgan fingerprint density at radius 2 is 1.86 bits per heavy atom. The first kappa shape index (κ1) is 23.2. The quantitative estimate of drug-likeness (QED) is 0.491. The van der Waals surface area contributed by atoms with Crippen LogP contribution in [0, 0.1) is 19.9 Å². The van der Waals surface area contributed by atoms with Gasteiger partial charge in [-0.15, -0.1) is 11.6 Å². The summed E-state index contributed by atoms with van der Waals surface area (Å²) in [6, 6.07) is 11.5. The molecule has 1 aromatic carbocycles. The number of carbonyl (C=O) groups is 1. The number of hydrogen-bond donors (Lipinski definition) is 1. The molecule has 0 aliphatic rings. The predicted molar refractivity (Wildman–Crippen MR) is 100 cm³/mol. The van der Waals surface area contributed by atoms with Gasteiger partial charge >= 0.3 is 5.97 Å². The molecule has 0 amide bonds. The van der Waals surface area contributed by atoms with Gasteiger partial charge in [0.25, 0.3) is 0 Å². The van der Waals surface area contributed by atoms with Crippen LogP contribution in [0.1, 0.15) is 21.9 Å². The van der Waals surface area contributed by atoms with Crippen molar-refractivity contribution in [2.45, 2.75) is 13.8 Å². The number of ether oxygens (including phenoxy) is 2. The average molecular weight is 559 g/mol. The van der Waals surface area contributed by atoms with Gasteiger partial charge in [-0.25, -0.2) is 9.78 Å². The molecule has 0 fully saturated rings. The second-order valence-corrected chi connectivity index (χ2v) is 5.47. The van der Waals surface area contributed by atoms with Crippen LogP contribution in [-0.4, -0.2) is 40.2 Å². The summed E-state index contributed by atoms with van der Waals surface area (Å²) in [6.45, 7) is 3.84. The number of pyridine rings is 1. The third-order valence-electron chi connectivity index (χ3n) is 3.48. The minimum absolute atomic E-state index is 0. The summed E-state index contributed by atoms with van der Waals surface area (Å²) >= 11 is 0. The Hall–Kier alpha value is -2.83. The number of benzene rings is 1. The van der Waals surface area contributed by atoms with E-state index in [0.717, 1.165) is 22.6 Å². The molecule has 2 aromatic heterocycles. The van der Waals surface area contributed by atoms with Crippen molar-refractivity contribution in [1.29, 1.82) is 0 Å². The number of rotatable bonds is 4. The van der Waals surface area contributed by atoms with Crippen LogP contribution in [-0.2, 0) is 20.1 Å². The van der Waals surface area contributed by atoms with E-state index in [0.29, 0.717) is 11.5 Å². The number of methoxy groups -OCH3 is 2. The number of carboxylic acids is 1. The van der Waals surface area contributed by atoms with Crippen LogP contribution in [0.4, 0.5) is 0 Å². The summed E-state index contributed by atoms with van der Waals surface area (Å²) in [7, 11) is 3.22. The molecule has 0 saturated heterocycles. The zero-order valence-corrected chi connectivity index (χ0v) is 18.3. The van der Waals surface area contributed by atoms with Crippen molar-refractivity contribution in [3.63, 3.8) is 0 Å². The number of carboxylic acid groups (broad SMARTS) is 1. The molecule has 28 heavy (non-hydrogen) atoms. The maximum atomic E-state index is 10.1. The van der Waals surface area contributed by atoms with Crippen LogP contribution in [0.25, 0.3) is 11.3 Å². The third kappa shape index (κ3) is 6.40. The van der Waals surface area contributed by atoms with Crippen LogP contribution >= 0.6 is 0 Å². The number of aromatic carboxylic acids is 1. The minimum Gasteiger partial charge on any atom is -0.516 e. The zero-order chi connectivity index (χ0) is 19.8. The molecule has 0 aliphatic heterocycles. The molecular formula is C20H20IrN3O4-. The van der Waals surface area contributed by atoms with E-state index in [1.165, 1.54) is 12.3 Å². The number of nitrogens with zero attached hydrogens (tertiary/aromatic N) is 3. The Balaban J connectivity index is 0.000000332. The number of aryl methyl sites for hydroxylation is 2. The third-order valence-corrected chi connectivity index (χ3v) is 3.48. The Morgan fingerprint density at radius 3 is 2.36 bits per heavy atom. The van der Waals surface area contributed by atoms with Crippen LogP contribution in [0.5, 0.6) is 11.5 Å². The molecule has 0 atom stereocenters. The van der Waals surface area contributed by atoms with Gasteiger partial charge in [0.1, 0.15) is 5.69 Å².